The number of phenolic OH excluding ortho intramolecular Hbond substituents is 1. The van der Waals surface area contributed by atoms with E-state index in [2.05, 4.69) is 33.3 Å². The minimum absolute atomic E-state index is 0.0364. The van der Waals surface area contributed by atoms with Crippen LogP contribution in [0.5, 0.6) is 5.75 Å². The van der Waals surface area contributed by atoms with E-state index in [4.69, 9.17) is 16.6 Å². The molecule has 4 aromatic rings. The van der Waals surface area contributed by atoms with E-state index in [-0.39, 0.29) is 21.9 Å². The van der Waals surface area contributed by atoms with Gasteiger partial charge in [0.25, 0.3) is 5.56 Å². The first kappa shape index (κ1) is 26.2. The number of anilines is 1. The number of pyridine rings is 2. The van der Waals surface area contributed by atoms with Gasteiger partial charge in [0, 0.05) is 59.4 Å². The number of halogens is 2. The van der Waals surface area contributed by atoms with Gasteiger partial charge in [-0.25, -0.2) is 9.37 Å². The number of nitrogens with zero attached hydrogens (tertiary/aromatic N) is 4. The lowest BCUT2D eigenvalue weighted by molar-refractivity contribution is 0.251. The van der Waals surface area contributed by atoms with Crippen LogP contribution < -0.4 is 15.8 Å². The van der Waals surface area contributed by atoms with Gasteiger partial charge in [-0.05, 0) is 87.3 Å². The van der Waals surface area contributed by atoms with Crippen molar-refractivity contribution in [2.75, 3.05) is 31.1 Å². The van der Waals surface area contributed by atoms with E-state index in [1.807, 2.05) is 6.07 Å². The Morgan fingerprint density at radius 2 is 1.81 bits per heavy atom. The molecule has 9 heteroatoms. The molecule has 0 radical (unpaired) electrons. The summed E-state index contributed by atoms with van der Waals surface area (Å²) < 4.78 is 16.0. The Kier molecular flexibility index (Phi) is 6.11. The van der Waals surface area contributed by atoms with Crippen molar-refractivity contribution in [3.63, 3.8) is 0 Å². The smallest absolute Gasteiger partial charge is 0.281 e. The van der Waals surface area contributed by atoms with Crippen molar-refractivity contribution in [1.82, 2.24) is 19.8 Å². The summed E-state index contributed by atoms with van der Waals surface area (Å²) >= 11 is 6.42. The SMILES string of the molecule is O=c1c2nc(/C=C/C34CCCN3CCC4)cc(N3CC4CCC(C3)N4)c2ccn1-c1cc(O)cc2ccc(F)c(Cl)c12. The lowest BCUT2D eigenvalue weighted by Gasteiger charge is -2.35. The molecule has 2 N–H and O–H groups in total. The Morgan fingerprint density at radius 3 is 2.57 bits per heavy atom. The zero-order chi connectivity index (χ0) is 28.6. The summed E-state index contributed by atoms with van der Waals surface area (Å²) in [5.74, 6) is -0.621. The average molecular weight is 586 g/mol. The number of fused-ring (bicyclic) bond motifs is 5. The Labute approximate surface area is 248 Å². The number of benzene rings is 2. The van der Waals surface area contributed by atoms with E-state index in [1.54, 1.807) is 12.3 Å². The Balaban J connectivity index is 1.32. The molecule has 2 aromatic carbocycles. The standard InChI is InChI=1S/C33H33ClFN5O2/c34-30-26(35)6-3-20-15-24(41)17-28(29(20)30)40-14-8-25-27(38-18-22-4-5-23(19-38)36-22)16-21(37-31(25)32(40)42)7-11-33-9-1-12-39(33)13-2-10-33/h3,6-8,11,14-17,22-23,36,41H,1-2,4-5,9-10,12-13,18-19H2/b11-7+. The van der Waals surface area contributed by atoms with Crippen molar-refractivity contribution < 1.29 is 9.50 Å². The maximum absolute atomic E-state index is 14.6. The quantitative estimate of drug-likeness (QED) is 0.324. The fourth-order valence-electron chi connectivity index (χ4n) is 7.96. The molecule has 216 valence electrons. The topological polar surface area (TPSA) is 73.6 Å². The molecule has 0 amide bonds. The first-order valence-electron chi connectivity index (χ1n) is 15.0. The summed E-state index contributed by atoms with van der Waals surface area (Å²) in [6, 6.07) is 10.7. The highest BCUT2D eigenvalue weighted by atomic mass is 35.5. The highest BCUT2D eigenvalue weighted by Crippen LogP contribution is 2.41. The maximum atomic E-state index is 14.6. The Hall–Kier alpha value is -3.46. The number of phenols is 1. The summed E-state index contributed by atoms with van der Waals surface area (Å²) in [4.78, 5) is 24.2. The molecule has 2 unspecified atom stereocenters. The molecule has 2 bridgehead atoms. The summed E-state index contributed by atoms with van der Waals surface area (Å²) in [5.41, 5.74) is 2.18. The zero-order valence-corrected chi connectivity index (χ0v) is 24.1. The number of hydrogen-bond acceptors (Lipinski definition) is 6. The van der Waals surface area contributed by atoms with Gasteiger partial charge in [0.2, 0.25) is 0 Å². The lowest BCUT2D eigenvalue weighted by Crippen LogP contribution is -2.51. The fourth-order valence-corrected chi connectivity index (χ4v) is 8.23. The van der Waals surface area contributed by atoms with Crippen LogP contribution in [0.15, 0.2) is 53.5 Å². The summed E-state index contributed by atoms with van der Waals surface area (Å²) in [6.07, 6.45) is 13.1. The predicted octanol–water partition coefficient (Wildman–Crippen LogP) is 5.62. The lowest BCUT2D eigenvalue weighted by atomic mass is 9.93. The molecule has 4 aliphatic heterocycles. The van der Waals surface area contributed by atoms with Gasteiger partial charge in [-0.1, -0.05) is 23.7 Å². The molecule has 2 atom stereocenters. The fraction of sp³-hybridized carbons (Fsp3) is 0.394. The number of piperazine rings is 1. The molecule has 2 aromatic heterocycles. The zero-order valence-electron chi connectivity index (χ0n) is 23.3. The number of nitrogens with one attached hydrogen (secondary N) is 1. The minimum Gasteiger partial charge on any atom is -0.508 e. The van der Waals surface area contributed by atoms with Crippen LogP contribution in [-0.2, 0) is 0 Å². The molecule has 8 rings (SSSR count). The highest BCUT2D eigenvalue weighted by molar-refractivity contribution is 6.36. The van der Waals surface area contributed by atoms with E-state index in [1.165, 1.54) is 35.6 Å². The molecule has 0 saturated carbocycles. The summed E-state index contributed by atoms with van der Waals surface area (Å²) in [7, 11) is 0. The van der Waals surface area contributed by atoms with Gasteiger partial charge in [0.1, 0.15) is 17.1 Å². The molecule has 4 aliphatic rings. The van der Waals surface area contributed by atoms with Crippen LogP contribution in [0.4, 0.5) is 10.1 Å². The molecule has 0 spiro atoms. The number of aromatic nitrogens is 2. The van der Waals surface area contributed by atoms with Crippen LogP contribution >= 0.6 is 11.6 Å². The second kappa shape index (κ2) is 9.79. The van der Waals surface area contributed by atoms with Gasteiger partial charge < -0.3 is 15.3 Å². The molecule has 4 saturated heterocycles. The monoisotopic (exact) mass is 585 g/mol. The molecule has 4 fully saturated rings. The summed E-state index contributed by atoms with van der Waals surface area (Å²) in [6.45, 7) is 4.03. The van der Waals surface area contributed by atoms with Crippen molar-refractivity contribution in [3.05, 3.63) is 75.6 Å². The van der Waals surface area contributed by atoms with Gasteiger partial charge in [-0.2, -0.15) is 0 Å². The largest absolute Gasteiger partial charge is 0.508 e. The number of aromatic hydroxyl groups is 1. The van der Waals surface area contributed by atoms with Gasteiger partial charge in [-0.15, -0.1) is 0 Å². The Morgan fingerprint density at radius 1 is 1.05 bits per heavy atom. The predicted molar refractivity (Wildman–Crippen MR) is 165 cm³/mol. The maximum Gasteiger partial charge on any atom is 0.281 e. The highest BCUT2D eigenvalue weighted by Gasteiger charge is 2.42. The average Bonchev–Trinajstić information content (AvgIpc) is 3.67. The third-order valence-electron chi connectivity index (χ3n) is 9.93. The summed E-state index contributed by atoms with van der Waals surface area (Å²) in [5, 5.41) is 15.8. The van der Waals surface area contributed by atoms with E-state index in [9.17, 15) is 14.3 Å². The van der Waals surface area contributed by atoms with Crippen molar-refractivity contribution >= 4 is 45.0 Å². The third kappa shape index (κ3) is 4.14. The van der Waals surface area contributed by atoms with Gasteiger partial charge in [-0.3, -0.25) is 14.3 Å². The molecule has 42 heavy (non-hydrogen) atoms. The van der Waals surface area contributed by atoms with Crippen molar-refractivity contribution in [2.24, 2.45) is 0 Å². The number of hydrogen-bond donors (Lipinski definition) is 2. The Bertz CT molecular complexity index is 1820. The first-order chi connectivity index (χ1) is 20.4. The molecule has 6 heterocycles. The van der Waals surface area contributed by atoms with E-state index in [0.29, 0.717) is 34.1 Å². The van der Waals surface area contributed by atoms with Crippen LogP contribution in [0.1, 0.15) is 44.2 Å². The van der Waals surface area contributed by atoms with Crippen molar-refractivity contribution in [2.45, 2.75) is 56.1 Å². The first-order valence-corrected chi connectivity index (χ1v) is 15.4. The van der Waals surface area contributed by atoms with E-state index < -0.39 is 5.82 Å². The minimum atomic E-state index is -0.585. The second-order valence-electron chi connectivity index (χ2n) is 12.4. The molecule has 0 aliphatic carbocycles. The van der Waals surface area contributed by atoms with Crippen LogP contribution in [0.25, 0.3) is 33.4 Å². The van der Waals surface area contributed by atoms with Gasteiger partial charge in [0.15, 0.2) is 0 Å². The molecular weight excluding hydrogens is 553 g/mol. The second-order valence-corrected chi connectivity index (χ2v) is 12.8. The van der Waals surface area contributed by atoms with Crippen LogP contribution in [0, 0.1) is 5.82 Å². The van der Waals surface area contributed by atoms with Crippen molar-refractivity contribution in [1.29, 1.82) is 0 Å². The van der Waals surface area contributed by atoms with Crippen LogP contribution in [-0.4, -0.2) is 63.4 Å². The number of rotatable bonds is 4. The normalized spacial score (nSPS) is 23.5. The van der Waals surface area contributed by atoms with E-state index >= 15 is 0 Å². The molecular formula is C33H33ClFN5O2. The van der Waals surface area contributed by atoms with Gasteiger partial charge >= 0.3 is 0 Å². The van der Waals surface area contributed by atoms with Crippen LogP contribution in [0.3, 0.4) is 0 Å². The molecule has 7 nitrogen and oxygen atoms in total. The van der Waals surface area contributed by atoms with Crippen molar-refractivity contribution in [3.8, 4) is 11.4 Å². The van der Waals surface area contributed by atoms with E-state index in [0.717, 1.165) is 68.6 Å². The van der Waals surface area contributed by atoms with Gasteiger partial charge in [0.05, 0.1) is 16.4 Å². The van der Waals surface area contributed by atoms with Crippen LogP contribution in [0.2, 0.25) is 5.02 Å². The third-order valence-corrected chi connectivity index (χ3v) is 10.3.